The van der Waals surface area contributed by atoms with Crippen molar-refractivity contribution in [2.45, 2.75) is 0 Å². The molecule has 5 aromatic rings. The second-order valence-corrected chi connectivity index (χ2v) is 10.3. The van der Waals surface area contributed by atoms with Crippen LogP contribution in [0.5, 0.6) is 28.7 Å². The third-order valence-corrected chi connectivity index (χ3v) is 7.41. The first-order valence-electron chi connectivity index (χ1n) is 13.4. The van der Waals surface area contributed by atoms with E-state index in [2.05, 4.69) is 15.5 Å². The molecule has 2 N–H and O–H groups in total. The van der Waals surface area contributed by atoms with Crippen molar-refractivity contribution in [2.75, 3.05) is 28.4 Å². The highest BCUT2D eigenvalue weighted by Crippen LogP contribution is 2.44. The molecule has 0 saturated heterocycles. The minimum absolute atomic E-state index is 0.156. The Morgan fingerprint density at radius 1 is 0.778 bits per heavy atom. The molecule has 0 saturated carbocycles. The topological polar surface area (TPSA) is 120 Å². The van der Waals surface area contributed by atoms with Crippen molar-refractivity contribution in [3.8, 4) is 39.9 Å². The standard InChI is InChI=1S/C33H27Cl2N3O7/c1-41-23-12-10-19(34)16-21(23)33(40)45-24-11-9-18(15-27(24)44-4)17-36-38-32(39)31-28(20-7-5-6-8-22(20)35)29-25(42-2)13-14-26(43-3)30(29)37-31/h5-17,37H,1-4H3,(H,38,39). The molecule has 1 heterocycles. The highest BCUT2D eigenvalue weighted by Gasteiger charge is 2.25. The van der Waals surface area contributed by atoms with Crippen molar-refractivity contribution in [1.29, 1.82) is 0 Å². The van der Waals surface area contributed by atoms with Gasteiger partial charge in [0, 0.05) is 21.2 Å². The van der Waals surface area contributed by atoms with Gasteiger partial charge in [0.2, 0.25) is 0 Å². The van der Waals surface area contributed by atoms with Crippen molar-refractivity contribution in [1.82, 2.24) is 10.4 Å². The number of hydrogen-bond acceptors (Lipinski definition) is 8. The van der Waals surface area contributed by atoms with Gasteiger partial charge in [0.25, 0.3) is 5.91 Å². The molecule has 0 atom stereocenters. The number of ether oxygens (including phenoxy) is 5. The van der Waals surface area contributed by atoms with Gasteiger partial charge in [-0.25, -0.2) is 10.2 Å². The normalized spacial score (nSPS) is 11.0. The molecule has 45 heavy (non-hydrogen) atoms. The predicted molar refractivity (Wildman–Crippen MR) is 173 cm³/mol. The van der Waals surface area contributed by atoms with Crippen LogP contribution in [-0.2, 0) is 0 Å². The summed E-state index contributed by atoms with van der Waals surface area (Å²) in [5.74, 6) is 0.570. The van der Waals surface area contributed by atoms with Crippen LogP contribution in [0.2, 0.25) is 10.0 Å². The molecule has 10 nitrogen and oxygen atoms in total. The van der Waals surface area contributed by atoms with Crippen molar-refractivity contribution >= 4 is 52.2 Å². The minimum atomic E-state index is -0.678. The van der Waals surface area contributed by atoms with Gasteiger partial charge in [-0.2, -0.15) is 5.10 Å². The summed E-state index contributed by atoms with van der Waals surface area (Å²) in [4.78, 5) is 29.6. The summed E-state index contributed by atoms with van der Waals surface area (Å²) in [6, 6.07) is 20.1. The number of halogens is 2. The molecule has 1 aromatic heterocycles. The van der Waals surface area contributed by atoms with Crippen LogP contribution in [0.1, 0.15) is 26.4 Å². The maximum atomic E-state index is 13.5. The Kier molecular flexibility index (Phi) is 9.46. The number of benzene rings is 4. The van der Waals surface area contributed by atoms with E-state index in [0.717, 1.165) is 0 Å². The zero-order valence-electron chi connectivity index (χ0n) is 24.6. The fourth-order valence-electron chi connectivity index (χ4n) is 4.76. The third kappa shape index (κ3) is 6.38. The molecule has 0 unspecified atom stereocenters. The maximum absolute atomic E-state index is 13.5. The fourth-order valence-corrected chi connectivity index (χ4v) is 5.16. The Morgan fingerprint density at radius 2 is 1.44 bits per heavy atom. The van der Waals surface area contributed by atoms with Gasteiger partial charge in [0.05, 0.1) is 45.6 Å². The van der Waals surface area contributed by atoms with Gasteiger partial charge in [0.15, 0.2) is 11.5 Å². The summed E-state index contributed by atoms with van der Waals surface area (Å²) in [5.41, 5.74) is 5.19. The Balaban J connectivity index is 1.42. The molecule has 5 rings (SSSR count). The Morgan fingerprint density at radius 3 is 2.16 bits per heavy atom. The molecule has 1 amide bonds. The van der Waals surface area contributed by atoms with Crippen LogP contribution in [0.25, 0.3) is 22.0 Å². The van der Waals surface area contributed by atoms with Crippen LogP contribution in [0.15, 0.2) is 77.9 Å². The Bertz CT molecular complexity index is 1940. The molecule has 0 aliphatic carbocycles. The van der Waals surface area contributed by atoms with E-state index in [1.54, 1.807) is 61.7 Å². The van der Waals surface area contributed by atoms with E-state index in [4.69, 9.17) is 46.9 Å². The molecule has 0 aliphatic rings. The van der Waals surface area contributed by atoms with Crippen molar-refractivity contribution in [2.24, 2.45) is 5.10 Å². The number of hydrazone groups is 1. The number of carbonyl (C=O) groups excluding carboxylic acids is 2. The van der Waals surface area contributed by atoms with E-state index in [1.165, 1.54) is 33.6 Å². The van der Waals surface area contributed by atoms with Crippen molar-refractivity contribution in [3.05, 3.63) is 99.7 Å². The molecule has 0 aliphatic heterocycles. The highest BCUT2D eigenvalue weighted by atomic mass is 35.5. The van der Waals surface area contributed by atoms with Gasteiger partial charge >= 0.3 is 5.97 Å². The van der Waals surface area contributed by atoms with Crippen LogP contribution in [0.3, 0.4) is 0 Å². The smallest absolute Gasteiger partial charge is 0.347 e. The lowest BCUT2D eigenvalue weighted by Crippen LogP contribution is -2.19. The monoisotopic (exact) mass is 647 g/mol. The van der Waals surface area contributed by atoms with Gasteiger partial charge < -0.3 is 28.7 Å². The lowest BCUT2D eigenvalue weighted by Gasteiger charge is -2.12. The number of H-pyrrole nitrogens is 1. The number of esters is 1. The Hall–Kier alpha value is -5.19. The van der Waals surface area contributed by atoms with Crippen LogP contribution in [0, 0.1) is 0 Å². The van der Waals surface area contributed by atoms with Crippen LogP contribution >= 0.6 is 23.2 Å². The largest absolute Gasteiger partial charge is 0.496 e. The molecule has 0 fully saturated rings. The van der Waals surface area contributed by atoms with Crippen LogP contribution < -0.4 is 29.1 Å². The summed E-state index contributed by atoms with van der Waals surface area (Å²) in [6.07, 6.45) is 1.42. The highest BCUT2D eigenvalue weighted by molar-refractivity contribution is 6.34. The lowest BCUT2D eigenvalue weighted by molar-refractivity contribution is 0.0726. The zero-order chi connectivity index (χ0) is 32.1. The van der Waals surface area contributed by atoms with E-state index < -0.39 is 11.9 Å². The Labute approximate surface area is 268 Å². The number of nitrogens with zero attached hydrogens (tertiary/aromatic N) is 1. The van der Waals surface area contributed by atoms with Crippen molar-refractivity contribution < 1.29 is 33.3 Å². The summed E-state index contributed by atoms with van der Waals surface area (Å²) < 4.78 is 27.4. The first kappa shape index (κ1) is 31.2. The fraction of sp³-hybridized carbons (Fsp3) is 0.121. The summed E-state index contributed by atoms with van der Waals surface area (Å²) >= 11 is 12.6. The number of rotatable bonds is 10. The van der Waals surface area contributed by atoms with Gasteiger partial charge in [0.1, 0.15) is 28.5 Å². The van der Waals surface area contributed by atoms with Gasteiger partial charge in [-0.05, 0) is 60.2 Å². The van der Waals surface area contributed by atoms with E-state index in [9.17, 15) is 9.59 Å². The van der Waals surface area contributed by atoms with Crippen molar-refractivity contribution in [3.63, 3.8) is 0 Å². The number of nitrogens with one attached hydrogen (secondary N) is 2. The average Bonchev–Trinajstić information content (AvgIpc) is 3.45. The summed E-state index contributed by atoms with van der Waals surface area (Å²) in [5, 5.41) is 5.57. The SMILES string of the molecule is COc1cc(C=NNC(=O)c2[nH]c3c(OC)ccc(OC)c3c2-c2ccccc2Cl)ccc1OC(=O)c1cc(Cl)ccc1OC. The number of aromatic nitrogens is 1. The zero-order valence-corrected chi connectivity index (χ0v) is 26.1. The quantitative estimate of drug-likeness (QED) is 0.0714. The van der Waals surface area contributed by atoms with E-state index in [-0.39, 0.29) is 22.8 Å². The van der Waals surface area contributed by atoms with Crippen LogP contribution in [-0.4, -0.2) is 51.5 Å². The van der Waals surface area contributed by atoms with Crippen LogP contribution in [0.4, 0.5) is 0 Å². The first-order chi connectivity index (χ1) is 21.8. The molecule has 0 radical (unpaired) electrons. The molecule has 0 spiro atoms. The number of aromatic amines is 1. The number of methoxy groups -OCH3 is 4. The average molecular weight is 648 g/mol. The number of amides is 1. The number of fused-ring (bicyclic) bond motifs is 1. The number of carbonyl (C=O) groups is 2. The summed E-state index contributed by atoms with van der Waals surface area (Å²) in [7, 11) is 5.96. The van der Waals surface area contributed by atoms with E-state index in [0.29, 0.717) is 54.9 Å². The number of hydrogen-bond donors (Lipinski definition) is 2. The molecule has 4 aromatic carbocycles. The van der Waals surface area contributed by atoms with Gasteiger partial charge in [-0.3, -0.25) is 4.79 Å². The van der Waals surface area contributed by atoms with E-state index >= 15 is 0 Å². The molecule has 0 bridgehead atoms. The second kappa shape index (κ2) is 13.6. The maximum Gasteiger partial charge on any atom is 0.347 e. The second-order valence-electron chi connectivity index (χ2n) is 9.42. The van der Waals surface area contributed by atoms with E-state index in [1.807, 2.05) is 12.1 Å². The predicted octanol–water partition coefficient (Wildman–Crippen LogP) is 7.16. The minimum Gasteiger partial charge on any atom is -0.496 e. The first-order valence-corrected chi connectivity index (χ1v) is 14.1. The molecule has 230 valence electrons. The third-order valence-electron chi connectivity index (χ3n) is 6.84. The lowest BCUT2D eigenvalue weighted by atomic mass is 10.0. The van der Waals surface area contributed by atoms with Gasteiger partial charge in [-0.1, -0.05) is 41.4 Å². The summed E-state index contributed by atoms with van der Waals surface area (Å²) in [6.45, 7) is 0. The molecular weight excluding hydrogens is 621 g/mol. The van der Waals surface area contributed by atoms with Gasteiger partial charge in [-0.15, -0.1) is 0 Å². The molecular formula is C33H27Cl2N3O7. The molecule has 12 heteroatoms.